The van der Waals surface area contributed by atoms with Crippen molar-refractivity contribution in [2.75, 3.05) is 13.6 Å². The van der Waals surface area contributed by atoms with E-state index in [1.165, 1.54) is 4.70 Å². The third kappa shape index (κ3) is 4.47. The van der Waals surface area contributed by atoms with Crippen molar-refractivity contribution in [1.82, 2.24) is 10.3 Å². The van der Waals surface area contributed by atoms with Gasteiger partial charge in [-0.1, -0.05) is 48.5 Å². The first-order chi connectivity index (χ1) is 13.7. The maximum atomic E-state index is 12.8. The SMILES string of the molecule is C[NH+](CC(=O)N[C@H](c1ccccc1)c1cccs1)Cc1nc2ccccc2s1. The van der Waals surface area contributed by atoms with E-state index in [0.717, 1.165) is 32.4 Å². The Hall–Kier alpha value is -2.54. The lowest BCUT2D eigenvalue weighted by molar-refractivity contribution is -0.885. The van der Waals surface area contributed by atoms with Gasteiger partial charge in [0, 0.05) is 4.88 Å². The van der Waals surface area contributed by atoms with Crippen LogP contribution in [0.5, 0.6) is 0 Å². The number of thiazole rings is 1. The highest BCUT2D eigenvalue weighted by Crippen LogP contribution is 2.25. The number of fused-ring (bicyclic) bond motifs is 1. The van der Waals surface area contributed by atoms with Crippen LogP contribution in [0.2, 0.25) is 0 Å². The topological polar surface area (TPSA) is 46.4 Å². The third-order valence-corrected chi connectivity index (χ3v) is 6.49. The first-order valence-electron chi connectivity index (χ1n) is 9.22. The number of para-hydroxylation sites is 1. The average Bonchev–Trinajstić information content (AvgIpc) is 3.36. The van der Waals surface area contributed by atoms with Crippen molar-refractivity contribution in [2.45, 2.75) is 12.6 Å². The van der Waals surface area contributed by atoms with E-state index in [2.05, 4.69) is 34.6 Å². The maximum absolute atomic E-state index is 12.8. The summed E-state index contributed by atoms with van der Waals surface area (Å²) in [6, 6.07) is 22.3. The predicted molar refractivity (Wildman–Crippen MR) is 116 cm³/mol. The largest absolute Gasteiger partial charge is 0.339 e. The van der Waals surface area contributed by atoms with Gasteiger partial charge in [-0.2, -0.15) is 0 Å². The number of carbonyl (C=O) groups is 1. The van der Waals surface area contributed by atoms with Crippen LogP contribution in [-0.4, -0.2) is 24.5 Å². The van der Waals surface area contributed by atoms with Crippen molar-refractivity contribution in [1.29, 1.82) is 0 Å². The lowest BCUT2D eigenvalue weighted by Crippen LogP contribution is -3.08. The highest BCUT2D eigenvalue weighted by molar-refractivity contribution is 7.18. The Balaban J connectivity index is 1.41. The molecular formula is C22H22N3OS2+. The quantitative estimate of drug-likeness (QED) is 0.493. The molecule has 4 aromatic rings. The van der Waals surface area contributed by atoms with E-state index in [1.54, 1.807) is 22.7 Å². The number of hydrogen-bond acceptors (Lipinski definition) is 4. The summed E-state index contributed by atoms with van der Waals surface area (Å²) in [4.78, 5) is 19.7. The van der Waals surface area contributed by atoms with Crippen molar-refractivity contribution in [2.24, 2.45) is 0 Å². The van der Waals surface area contributed by atoms with Gasteiger partial charge in [0.2, 0.25) is 0 Å². The molecule has 0 bridgehead atoms. The number of quaternary nitrogens is 1. The zero-order chi connectivity index (χ0) is 19.3. The van der Waals surface area contributed by atoms with E-state index in [4.69, 9.17) is 0 Å². The molecule has 142 valence electrons. The number of carbonyl (C=O) groups excluding carboxylic acids is 1. The van der Waals surface area contributed by atoms with Crippen molar-refractivity contribution in [3.05, 3.63) is 87.6 Å². The van der Waals surface area contributed by atoms with Crippen LogP contribution >= 0.6 is 22.7 Å². The highest BCUT2D eigenvalue weighted by Gasteiger charge is 2.20. The Morgan fingerprint density at radius 3 is 2.61 bits per heavy atom. The molecule has 2 aromatic carbocycles. The van der Waals surface area contributed by atoms with Crippen LogP contribution in [-0.2, 0) is 11.3 Å². The second kappa shape index (κ2) is 8.65. The van der Waals surface area contributed by atoms with E-state index in [1.807, 2.05) is 54.9 Å². The molecule has 0 fully saturated rings. The summed E-state index contributed by atoms with van der Waals surface area (Å²) in [6.07, 6.45) is 0. The summed E-state index contributed by atoms with van der Waals surface area (Å²) in [5.74, 6) is 0.0425. The summed E-state index contributed by atoms with van der Waals surface area (Å²) in [7, 11) is 2.04. The number of hydrogen-bond donors (Lipinski definition) is 2. The molecule has 4 rings (SSSR count). The summed E-state index contributed by atoms with van der Waals surface area (Å²) in [5.41, 5.74) is 2.13. The maximum Gasteiger partial charge on any atom is 0.275 e. The van der Waals surface area contributed by atoms with Crippen LogP contribution in [0.3, 0.4) is 0 Å². The number of amides is 1. The van der Waals surface area contributed by atoms with Gasteiger partial charge in [0.05, 0.1) is 23.3 Å². The van der Waals surface area contributed by atoms with Gasteiger partial charge in [-0.3, -0.25) is 4.79 Å². The van der Waals surface area contributed by atoms with Crippen LogP contribution < -0.4 is 10.2 Å². The van der Waals surface area contributed by atoms with E-state index in [9.17, 15) is 4.79 Å². The van der Waals surface area contributed by atoms with Crippen LogP contribution in [0.4, 0.5) is 0 Å². The van der Waals surface area contributed by atoms with Gasteiger partial charge in [-0.05, 0) is 29.1 Å². The molecule has 0 aliphatic rings. The van der Waals surface area contributed by atoms with Gasteiger partial charge in [-0.25, -0.2) is 4.98 Å². The molecule has 0 saturated heterocycles. The number of likely N-dealkylation sites (N-methyl/N-ethyl adjacent to an activating group) is 1. The molecule has 1 unspecified atom stereocenters. The molecule has 0 radical (unpaired) electrons. The number of benzene rings is 2. The summed E-state index contributed by atoms with van der Waals surface area (Å²) in [5, 5.41) is 6.32. The van der Waals surface area contributed by atoms with Gasteiger partial charge in [-0.15, -0.1) is 22.7 Å². The molecule has 2 N–H and O–H groups in total. The summed E-state index contributed by atoms with van der Waals surface area (Å²) in [6.45, 7) is 1.15. The standard InChI is InChI=1S/C22H21N3OS2/c1-25(15-21-23-17-10-5-6-11-18(17)28-21)14-20(26)24-22(19-12-7-13-27-19)16-8-3-2-4-9-16/h2-13,22H,14-15H2,1H3,(H,24,26)/p+1/t22-/m1/s1. The molecule has 2 heterocycles. The van der Waals surface area contributed by atoms with Crippen molar-refractivity contribution in [3.8, 4) is 0 Å². The Morgan fingerprint density at radius 2 is 1.86 bits per heavy atom. The number of rotatable bonds is 7. The molecule has 0 aliphatic heterocycles. The van der Waals surface area contributed by atoms with E-state index < -0.39 is 0 Å². The second-order valence-electron chi connectivity index (χ2n) is 6.81. The Morgan fingerprint density at radius 1 is 1.07 bits per heavy atom. The minimum absolute atomic E-state index is 0.0425. The smallest absolute Gasteiger partial charge is 0.275 e. The van der Waals surface area contributed by atoms with E-state index >= 15 is 0 Å². The Kier molecular flexibility index (Phi) is 5.81. The fraction of sp³-hybridized carbons (Fsp3) is 0.182. The number of thiophene rings is 1. The highest BCUT2D eigenvalue weighted by atomic mass is 32.1. The molecule has 6 heteroatoms. The lowest BCUT2D eigenvalue weighted by atomic mass is 10.1. The number of aromatic nitrogens is 1. The van der Waals surface area contributed by atoms with Crippen LogP contribution in [0.1, 0.15) is 21.5 Å². The minimum atomic E-state index is -0.107. The molecule has 2 atom stereocenters. The summed E-state index contributed by atoms with van der Waals surface area (Å²) >= 11 is 3.36. The third-order valence-electron chi connectivity index (χ3n) is 4.52. The van der Waals surface area contributed by atoms with Gasteiger partial charge < -0.3 is 10.2 Å². The van der Waals surface area contributed by atoms with Crippen LogP contribution in [0.25, 0.3) is 10.2 Å². The zero-order valence-corrected chi connectivity index (χ0v) is 17.2. The first kappa shape index (κ1) is 18.8. The normalized spacial score (nSPS) is 13.3. The fourth-order valence-electron chi connectivity index (χ4n) is 3.22. The van der Waals surface area contributed by atoms with Gasteiger partial charge in [0.15, 0.2) is 6.54 Å². The predicted octanol–water partition coefficient (Wildman–Crippen LogP) is 3.28. The monoisotopic (exact) mass is 408 g/mol. The molecule has 1 amide bonds. The molecule has 0 spiro atoms. The van der Waals surface area contributed by atoms with Gasteiger partial charge in [0.1, 0.15) is 11.6 Å². The minimum Gasteiger partial charge on any atom is -0.339 e. The first-order valence-corrected chi connectivity index (χ1v) is 10.9. The Bertz CT molecular complexity index is 1010. The molecule has 0 aliphatic carbocycles. The second-order valence-corrected chi connectivity index (χ2v) is 8.91. The van der Waals surface area contributed by atoms with Gasteiger partial charge in [0.25, 0.3) is 5.91 Å². The van der Waals surface area contributed by atoms with Crippen LogP contribution in [0, 0.1) is 0 Å². The zero-order valence-electron chi connectivity index (χ0n) is 15.6. The molecular weight excluding hydrogens is 386 g/mol. The molecule has 4 nitrogen and oxygen atoms in total. The molecule has 0 saturated carbocycles. The lowest BCUT2D eigenvalue weighted by Gasteiger charge is -2.19. The molecule has 28 heavy (non-hydrogen) atoms. The Labute approximate surface area is 172 Å². The van der Waals surface area contributed by atoms with Crippen molar-refractivity contribution in [3.63, 3.8) is 0 Å². The van der Waals surface area contributed by atoms with E-state index in [0.29, 0.717) is 6.54 Å². The number of nitrogens with one attached hydrogen (secondary N) is 2. The average molecular weight is 409 g/mol. The number of nitrogens with zero attached hydrogens (tertiary/aromatic N) is 1. The van der Waals surface area contributed by atoms with Crippen molar-refractivity contribution >= 4 is 38.8 Å². The fourth-order valence-corrected chi connectivity index (χ4v) is 5.11. The van der Waals surface area contributed by atoms with Crippen molar-refractivity contribution < 1.29 is 9.69 Å². The van der Waals surface area contributed by atoms with E-state index in [-0.39, 0.29) is 11.9 Å². The molecule has 2 aromatic heterocycles. The van der Waals surface area contributed by atoms with Crippen LogP contribution in [0.15, 0.2) is 72.1 Å². The van der Waals surface area contributed by atoms with Gasteiger partial charge >= 0.3 is 0 Å². The summed E-state index contributed by atoms with van der Waals surface area (Å²) < 4.78 is 1.19.